The van der Waals surface area contributed by atoms with Gasteiger partial charge in [0.15, 0.2) is 0 Å². The van der Waals surface area contributed by atoms with Gasteiger partial charge in [0.25, 0.3) is 0 Å². The number of aromatic nitrogens is 1. The number of nitrogens with zero attached hydrogens (tertiary/aromatic N) is 3. The van der Waals surface area contributed by atoms with Gasteiger partial charge in [-0.15, -0.1) is 0 Å². The first-order chi connectivity index (χ1) is 10.9. The maximum Gasteiger partial charge on any atom is 0.243 e. The topological polar surface area (TPSA) is 48.5 Å². The number of benzene rings is 1. The van der Waals surface area contributed by atoms with Crippen LogP contribution in [0.3, 0.4) is 0 Å². The van der Waals surface area contributed by atoms with Crippen molar-refractivity contribution in [1.82, 2.24) is 4.98 Å². The molecule has 0 fully saturated rings. The Kier molecular flexibility index (Phi) is 5.45. The number of likely N-dealkylation sites (N-methyl/N-ethyl adjacent to an activating group) is 1. The molecule has 0 atom stereocenters. The van der Waals surface area contributed by atoms with Crippen LogP contribution < -0.4 is 15.1 Å². The average Bonchev–Trinajstić information content (AvgIpc) is 2.49. The van der Waals surface area contributed by atoms with Gasteiger partial charge >= 0.3 is 0 Å². The summed E-state index contributed by atoms with van der Waals surface area (Å²) >= 11 is 5.82. The summed E-state index contributed by atoms with van der Waals surface area (Å²) in [7, 11) is 5.79. The molecule has 0 saturated carbocycles. The van der Waals surface area contributed by atoms with Crippen LogP contribution in [0.2, 0.25) is 5.02 Å². The normalized spacial score (nSPS) is 10.3. The fourth-order valence-electron chi connectivity index (χ4n) is 2.15. The van der Waals surface area contributed by atoms with Gasteiger partial charge < -0.3 is 15.1 Å². The van der Waals surface area contributed by atoms with Gasteiger partial charge in [-0.3, -0.25) is 4.79 Å². The quantitative estimate of drug-likeness (QED) is 0.913. The first kappa shape index (κ1) is 17.1. The number of carbonyl (C=O) groups is 1. The van der Waals surface area contributed by atoms with Crippen molar-refractivity contribution < 1.29 is 4.79 Å². The SMILES string of the molecule is Cc1cc(N(C)C)ccc1NC(=O)CN(C)c1ccc(Cl)cn1. The van der Waals surface area contributed by atoms with Crippen LogP contribution in [0.25, 0.3) is 0 Å². The van der Waals surface area contributed by atoms with E-state index in [2.05, 4.69) is 10.3 Å². The number of amides is 1. The summed E-state index contributed by atoms with van der Waals surface area (Å²) in [5.74, 6) is 0.606. The molecule has 0 bridgehead atoms. The second kappa shape index (κ2) is 7.33. The Labute approximate surface area is 141 Å². The standard InChI is InChI=1S/C17H21ClN4O/c1-12-9-14(21(2)3)6-7-15(12)20-17(23)11-22(4)16-8-5-13(18)10-19-16/h5-10H,11H2,1-4H3,(H,20,23). The van der Waals surface area contributed by atoms with Crippen LogP contribution >= 0.6 is 11.6 Å². The van der Waals surface area contributed by atoms with Crippen molar-refractivity contribution in [2.45, 2.75) is 6.92 Å². The summed E-state index contributed by atoms with van der Waals surface area (Å²) in [5.41, 5.74) is 2.94. The Morgan fingerprint density at radius 3 is 2.52 bits per heavy atom. The molecule has 0 aliphatic rings. The molecule has 1 aromatic carbocycles. The van der Waals surface area contributed by atoms with Crippen LogP contribution in [0.4, 0.5) is 17.2 Å². The van der Waals surface area contributed by atoms with Gasteiger partial charge in [0.05, 0.1) is 11.6 Å². The maximum absolute atomic E-state index is 12.2. The second-order valence-electron chi connectivity index (χ2n) is 5.63. The summed E-state index contributed by atoms with van der Waals surface area (Å²) in [6, 6.07) is 9.48. The highest BCUT2D eigenvalue weighted by atomic mass is 35.5. The number of halogens is 1. The third-order valence-corrected chi connectivity index (χ3v) is 3.71. The fraction of sp³-hybridized carbons (Fsp3) is 0.294. The van der Waals surface area contributed by atoms with E-state index >= 15 is 0 Å². The Bertz CT molecular complexity index is 685. The molecule has 122 valence electrons. The third-order valence-electron chi connectivity index (χ3n) is 3.48. The van der Waals surface area contributed by atoms with E-state index in [-0.39, 0.29) is 12.5 Å². The van der Waals surface area contributed by atoms with Crippen molar-refractivity contribution in [2.24, 2.45) is 0 Å². The Morgan fingerprint density at radius 1 is 1.22 bits per heavy atom. The predicted octanol–water partition coefficient (Wildman–Crippen LogP) is 3.18. The highest BCUT2D eigenvalue weighted by molar-refractivity contribution is 6.30. The van der Waals surface area contributed by atoms with Gasteiger partial charge in [-0.25, -0.2) is 4.98 Å². The molecule has 6 heteroatoms. The number of nitrogens with one attached hydrogen (secondary N) is 1. The summed E-state index contributed by atoms with van der Waals surface area (Å²) in [5, 5.41) is 3.51. The molecule has 1 aromatic heterocycles. The number of carbonyl (C=O) groups excluding carboxylic acids is 1. The molecular formula is C17H21ClN4O. The van der Waals surface area contributed by atoms with E-state index < -0.39 is 0 Å². The highest BCUT2D eigenvalue weighted by Gasteiger charge is 2.10. The zero-order valence-corrected chi connectivity index (χ0v) is 14.6. The number of rotatable bonds is 5. The van der Waals surface area contributed by atoms with Crippen LogP contribution in [0.1, 0.15) is 5.56 Å². The molecule has 1 N–H and O–H groups in total. The lowest BCUT2D eigenvalue weighted by Gasteiger charge is -2.19. The smallest absolute Gasteiger partial charge is 0.243 e. The minimum Gasteiger partial charge on any atom is -0.378 e. The molecule has 0 radical (unpaired) electrons. The van der Waals surface area contributed by atoms with Crippen molar-refractivity contribution in [3.05, 3.63) is 47.1 Å². The summed E-state index contributed by atoms with van der Waals surface area (Å²) in [6.45, 7) is 2.19. The van der Waals surface area contributed by atoms with Gasteiger partial charge in [-0.2, -0.15) is 0 Å². The third kappa shape index (κ3) is 4.60. The van der Waals surface area contributed by atoms with Gasteiger partial charge in [0.1, 0.15) is 5.82 Å². The van der Waals surface area contributed by atoms with Crippen LogP contribution in [0.15, 0.2) is 36.5 Å². The maximum atomic E-state index is 12.2. The Morgan fingerprint density at radius 2 is 1.96 bits per heavy atom. The van der Waals surface area contributed by atoms with Crippen LogP contribution in [0, 0.1) is 6.92 Å². The lowest BCUT2D eigenvalue weighted by atomic mass is 10.1. The molecule has 2 aromatic rings. The zero-order valence-electron chi connectivity index (χ0n) is 13.8. The van der Waals surface area contributed by atoms with Crippen LogP contribution in [0.5, 0.6) is 0 Å². The average molecular weight is 333 g/mol. The minimum atomic E-state index is -0.0926. The van der Waals surface area contributed by atoms with Crippen molar-refractivity contribution in [1.29, 1.82) is 0 Å². The second-order valence-corrected chi connectivity index (χ2v) is 6.07. The van der Waals surface area contributed by atoms with Crippen molar-refractivity contribution in [2.75, 3.05) is 42.8 Å². The van der Waals surface area contributed by atoms with Crippen molar-refractivity contribution >= 4 is 34.7 Å². The van der Waals surface area contributed by atoms with E-state index in [0.717, 1.165) is 16.9 Å². The molecule has 0 unspecified atom stereocenters. The van der Waals surface area contributed by atoms with Crippen LogP contribution in [-0.4, -0.2) is 38.6 Å². The molecule has 1 amide bonds. The van der Waals surface area contributed by atoms with Crippen molar-refractivity contribution in [3.63, 3.8) is 0 Å². The predicted molar refractivity (Wildman–Crippen MR) is 96.7 cm³/mol. The highest BCUT2D eigenvalue weighted by Crippen LogP contribution is 2.21. The van der Waals surface area contributed by atoms with Gasteiger partial charge in [0.2, 0.25) is 5.91 Å². The van der Waals surface area contributed by atoms with Crippen LogP contribution in [-0.2, 0) is 4.79 Å². The Balaban J connectivity index is 2.00. The molecule has 2 rings (SSSR count). The van der Waals surface area contributed by atoms with Gasteiger partial charge in [0, 0.05) is 38.7 Å². The molecule has 0 saturated heterocycles. The zero-order chi connectivity index (χ0) is 17.0. The van der Waals surface area contributed by atoms with Gasteiger partial charge in [-0.1, -0.05) is 11.6 Å². The molecule has 0 aliphatic carbocycles. The number of aryl methyl sites for hydroxylation is 1. The van der Waals surface area contributed by atoms with E-state index in [9.17, 15) is 4.79 Å². The molecule has 1 heterocycles. The largest absolute Gasteiger partial charge is 0.378 e. The van der Waals surface area contributed by atoms with Gasteiger partial charge in [-0.05, 0) is 42.8 Å². The molecule has 23 heavy (non-hydrogen) atoms. The molecule has 0 spiro atoms. The monoisotopic (exact) mass is 332 g/mol. The van der Waals surface area contributed by atoms with Crippen molar-refractivity contribution in [3.8, 4) is 0 Å². The minimum absolute atomic E-state index is 0.0926. The molecule has 5 nitrogen and oxygen atoms in total. The first-order valence-corrected chi connectivity index (χ1v) is 7.65. The van der Waals surface area contributed by atoms with E-state index in [4.69, 9.17) is 11.6 Å². The first-order valence-electron chi connectivity index (χ1n) is 7.27. The lowest BCUT2D eigenvalue weighted by molar-refractivity contribution is -0.114. The lowest BCUT2D eigenvalue weighted by Crippen LogP contribution is -2.30. The number of anilines is 3. The number of hydrogen-bond donors (Lipinski definition) is 1. The fourth-order valence-corrected chi connectivity index (χ4v) is 2.26. The summed E-state index contributed by atoms with van der Waals surface area (Å²) in [4.78, 5) is 20.2. The summed E-state index contributed by atoms with van der Waals surface area (Å²) in [6.07, 6.45) is 1.56. The Hall–Kier alpha value is -2.27. The summed E-state index contributed by atoms with van der Waals surface area (Å²) < 4.78 is 0. The van der Waals surface area contributed by atoms with E-state index in [1.807, 2.05) is 51.2 Å². The van der Waals surface area contributed by atoms with E-state index in [1.165, 1.54) is 0 Å². The molecular weight excluding hydrogens is 312 g/mol. The number of pyridine rings is 1. The van der Waals surface area contributed by atoms with E-state index in [1.54, 1.807) is 23.2 Å². The van der Waals surface area contributed by atoms with E-state index in [0.29, 0.717) is 10.8 Å². The molecule has 0 aliphatic heterocycles. The number of hydrogen-bond acceptors (Lipinski definition) is 4.